The fourth-order valence-corrected chi connectivity index (χ4v) is 2.95. The van der Waals surface area contributed by atoms with Gasteiger partial charge < -0.3 is 13.9 Å². The molecule has 0 aliphatic rings. The molecule has 0 saturated heterocycles. The molecule has 0 radical (unpaired) electrons. The molecule has 22 heavy (non-hydrogen) atoms. The number of rotatable bonds is 4. The third kappa shape index (κ3) is 3.46. The van der Waals surface area contributed by atoms with Gasteiger partial charge in [-0.25, -0.2) is 4.79 Å². The van der Waals surface area contributed by atoms with Crippen LogP contribution in [0, 0.1) is 13.8 Å². The Balaban J connectivity index is 3.52. The first-order valence-electron chi connectivity index (χ1n) is 7.41. The van der Waals surface area contributed by atoms with Crippen molar-refractivity contribution in [3.63, 3.8) is 0 Å². The minimum Gasteiger partial charge on any atom is -0.543 e. The summed E-state index contributed by atoms with van der Waals surface area (Å²) in [6, 6.07) is 1.70. The first kappa shape index (κ1) is 18.6. The van der Waals surface area contributed by atoms with Gasteiger partial charge in [0, 0.05) is 0 Å². The van der Waals surface area contributed by atoms with Crippen LogP contribution in [0.3, 0.4) is 0 Å². The molecule has 0 spiro atoms. The lowest BCUT2D eigenvalue weighted by Gasteiger charge is -2.37. The summed E-state index contributed by atoms with van der Waals surface area (Å²) in [7, 11) is 0.903. The molecule has 1 aromatic carbocycles. The topological polar surface area (TPSA) is 44.8 Å². The number of benzene rings is 1. The van der Waals surface area contributed by atoms with Crippen LogP contribution in [-0.4, -0.2) is 28.5 Å². The van der Waals surface area contributed by atoms with Crippen LogP contribution in [0.15, 0.2) is 6.07 Å². The number of esters is 1. The van der Waals surface area contributed by atoms with Gasteiger partial charge in [0.05, 0.1) is 14.2 Å². The van der Waals surface area contributed by atoms with Gasteiger partial charge in [-0.1, -0.05) is 20.8 Å². The summed E-state index contributed by atoms with van der Waals surface area (Å²) in [6.07, 6.45) is 0. The number of carbonyl (C=O) groups is 1. The molecular formula is C17H28O4Si. The van der Waals surface area contributed by atoms with Crippen molar-refractivity contribution in [2.45, 2.75) is 52.8 Å². The van der Waals surface area contributed by atoms with Crippen LogP contribution in [0.25, 0.3) is 0 Å². The standard InChI is InChI=1S/C17H28O4Si/c1-11-12(2)15(21-22(8,9)17(3,4)5)13(16(18)20-7)10-14(11)19-6/h10H,1-9H3. The zero-order valence-corrected chi connectivity index (χ0v) is 16.2. The summed E-state index contributed by atoms with van der Waals surface area (Å²) in [5.74, 6) is 0.882. The maximum absolute atomic E-state index is 12.2. The molecule has 1 rings (SSSR count). The molecule has 4 nitrogen and oxygen atoms in total. The van der Waals surface area contributed by atoms with Crippen molar-refractivity contribution in [1.29, 1.82) is 0 Å². The van der Waals surface area contributed by atoms with Crippen molar-refractivity contribution in [2.75, 3.05) is 14.2 Å². The Morgan fingerprint density at radius 2 is 1.64 bits per heavy atom. The van der Waals surface area contributed by atoms with E-state index in [1.165, 1.54) is 7.11 Å². The maximum atomic E-state index is 12.2. The molecule has 124 valence electrons. The molecule has 0 unspecified atom stereocenters. The lowest BCUT2D eigenvalue weighted by Crippen LogP contribution is -2.44. The van der Waals surface area contributed by atoms with Crippen LogP contribution in [0.5, 0.6) is 11.5 Å². The number of hydrogen-bond donors (Lipinski definition) is 0. The van der Waals surface area contributed by atoms with Crippen LogP contribution in [0.1, 0.15) is 42.3 Å². The third-order valence-electron chi connectivity index (χ3n) is 4.58. The number of carbonyl (C=O) groups excluding carboxylic acids is 1. The zero-order chi connectivity index (χ0) is 17.3. The number of hydrogen-bond acceptors (Lipinski definition) is 4. The first-order valence-corrected chi connectivity index (χ1v) is 10.3. The van der Waals surface area contributed by atoms with E-state index < -0.39 is 14.3 Å². The molecule has 0 aliphatic carbocycles. The molecule has 0 heterocycles. The van der Waals surface area contributed by atoms with Crippen LogP contribution in [0.4, 0.5) is 0 Å². The Morgan fingerprint density at radius 3 is 2.05 bits per heavy atom. The second kappa shape index (κ2) is 6.32. The number of methoxy groups -OCH3 is 2. The minimum atomic E-state index is -2.07. The highest BCUT2D eigenvalue weighted by Crippen LogP contribution is 2.41. The van der Waals surface area contributed by atoms with Crippen LogP contribution < -0.4 is 9.16 Å². The molecule has 0 N–H and O–H groups in total. The Kier molecular flexibility index (Phi) is 5.33. The maximum Gasteiger partial charge on any atom is 0.341 e. The molecule has 0 saturated carbocycles. The van der Waals surface area contributed by atoms with E-state index in [2.05, 4.69) is 33.9 Å². The fourth-order valence-electron chi connectivity index (χ4n) is 1.88. The monoisotopic (exact) mass is 324 g/mol. The summed E-state index contributed by atoms with van der Waals surface area (Å²) in [4.78, 5) is 12.2. The molecule has 5 heteroatoms. The highest BCUT2D eigenvalue weighted by molar-refractivity contribution is 6.74. The number of ether oxygens (including phenoxy) is 2. The zero-order valence-electron chi connectivity index (χ0n) is 15.2. The van der Waals surface area contributed by atoms with Crippen molar-refractivity contribution in [2.24, 2.45) is 0 Å². The van der Waals surface area contributed by atoms with E-state index in [0.717, 1.165) is 11.1 Å². The Hall–Kier alpha value is -1.49. The smallest absolute Gasteiger partial charge is 0.341 e. The summed E-state index contributed by atoms with van der Waals surface area (Å²) >= 11 is 0. The molecule has 0 amide bonds. The third-order valence-corrected chi connectivity index (χ3v) is 8.91. The molecule has 0 aliphatic heterocycles. The van der Waals surface area contributed by atoms with Crippen molar-refractivity contribution < 1.29 is 18.7 Å². The summed E-state index contributed by atoms with van der Waals surface area (Å²) in [5.41, 5.74) is 2.32. The normalized spacial score (nSPS) is 12.0. The van der Waals surface area contributed by atoms with Gasteiger partial charge in [0.15, 0.2) is 0 Å². The van der Waals surface area contributed by atoms with Gasteiger partial charge in [0.25, 0.3) is 8.32 Å². The van der Waals surface area contributed by atoms with Gasteiger partial charge >= 0.3 is 5.97 Å². The lowest BCUT2D eigenvalue weighted by molar-refractivity contribution is 0.0598. The fraction of sp³-hybridized carbons (Fsp3) is 0.588. The van der Waals surface area contributed by atoms with Gasteiger partial charge in [-0.15, -0.1) is 0 Å². The molecule has 0 bridgehead atoms. The average Bonchev–Trinajstić information content (AvgIpc) is 2.42. The highest BCUT2D eigenvalue weighted by atomic mass is 28.4. The Bertz CT molecular complexity index is 571. The summed E-state index contributed by atoms with van der Waals surface area (Å²) in [6.45, 7) is 14.7. The first-order chi connectivity index (χ1) is 9.96. The lowest BCUT2D eigenvalue weighted by atomic mass is 10.0. The van der Waals surface area contributed by atoms with Crippen LogP contribution in [-0.2, 0) is 4.74 Å². The molecular weight excluding hydrogens is 296 g/mol. The minimum absolute atomic E-state index is 0.0423. The van der Waals surface area contributed by atoms with Crippen molar-refractivity contribution in [3.8, 4) is 11.5 Å². The van der Waals surface area contributed by atoms with E-state index >= 15 is 0 Å². The molecule has 0 atom stereocenters. The highest BCUT2D eigenvalue weighted by Gasteiger charge is 2.40. The van der Waals surface area contributed by atoms with Crippen molar-refractivity contribution >= 4 is 14.3 Å². The van der Waals surface area contributed by atoms with Gasteiger partial charge in [-0.3, -0.25) is 0 Å². The van der Waals surface area contributed by atoms with Gasteiger partial charge in [0.1, 0.15) is 17.1 Å². The Labute approximate surface area is 134 Å². The summed E-state index contributed by atoms with van der Waals surface area (Å²) < 4.78 is 16.7. The van der Waals surface area contributed by atoms with E-state index in [1.54, 1.807) is 13.2 Å². The van der Waals surface area contributed by atoms with E-state index in [9.17, 15) is 4.79 Å². The second-order valence-electron chi connectivity index (χ2n) is 7.06. The van der Waals surface area contributed by atoms with Crippen molar-refractivity contribution in [3.05, 3.63) is 22.8 Å². The predicted octanol–water partition coefficient (Wildman–Crippen LogP) is 4.48. The quantitative estimate of drug-likeness (QED) is 0.605. The van der Waals surface area contributed by atoms with Crippen LogP contribution >= 0.6 is 0 Å². The largest absolute Gasteiger partial charge is 0.543 e. The van der Waals surface area contributed by atoms with E-state index in [0.29, 0.717) is 17.1 Å². The molecule has 0 fully saturated rings. The van der Waals surface area contributed by atoms with Gasteiger partial charge in [0.2, 0.25) is 0 Å². The second-order valence-corrected chi connectivity index (χ2v) is 11.8. The van der Waals surface area contributed by atoms with E-state index in [4.69, 9.17) is 13.9 Å². The predicted molar refractivity (Wildman–Crippen MR) is 91.6 cm³/mol. The average molecular weight is 324 g/mol. The SMILES string of the molecule is COC(=O)c1cc(OC)c(C)c(C)c1O[Si](C)(C)C(C)(C)C. The van der Waals surface area contributed by atoms with Gasteiger partial charge in [-0.2, -0.15) is 0 Å². The summed E-state index contributed by atoms with van der Waals surface area (Å²) in [5, 5.41) is 0.0423. The van der Waals surface area contributed by atoms with Gasteiger partial charge in [-0.05, 0) is 49.2 Å². The van der Waals surface area contributed by atoms with E-state index in [-0.39, 0.29) is 5.04 Å². The molecule has 1 aromatic rings. The van der Waals surface area contributed by atoms with Crippen molar-refractivity contribution in [1.82, 2.24) is 0 Å². The molecule has 0 aromatic heterocycles. The Morgan fingerprint density at radius 1 is 1.09 bits per heavy atom. The van der Waals surface area contributed by atoms with E-state index in [1.807, 2.05) is 13.8 Å². The van der Waals surface area contributed by atoms with Crippen LogP contribution in [0.2, 0.25) is 18.1 Å².